The zero-order valence-corrected chi connectivity index (χ0v) is 11.9. The summed E-state index contributed by atoms with van der Waals surface area (Å²) in [5, 5.41) is 0. The fourth-order valence-electron chi connectivity index (χ4n) is 3.81. The van der Waals surface area contributed by atoms with Gasteiger partial charge in [-0.2, -0.15) is 0 Å². The first-order chi connectivity index (χ1) is 7.79. The van der Waals surface area contributed by atoms with Crippen molar-refractivity contribution in [1.82, 2.24) is 0 Å². The molecule has 5 rings (SSSR count). The van der Waals surface area contributed by atoms with E-state index < -0.39 is 0 Å². The van der Waals surface area contributed by atoms with E-state index in [1.54, 1.807) is 11.1 Å². The third kappa shape index (κ3) is 1.01. The van der Waals surface area contributed by atoms with Crippen LogP contribution in [0.2, 0.25) is 0 Å². The number of hydrogen-bond donors (Lipinski definition) is 0. The SMILES string of the molecule is Br[C@@H]1[C@H](Br)[C@H]2[C@H]1[C@H]1C=C[C@H]2c2ccccc21. The van der Waals surface area contributed by atoms with Crippen LogP contribution < -0.4 is 0 Å². The largest absolute Gasteiger partial charge is 0.0875 e. The minimum absolute atomic E-state index is 0.642. The Labute approximate surface area is 112 Å². The maximum Gasteiger partial charge on any atom is 0.0314 e. The molecule has 1 aromatic rings. The molecule has 0 unspecified atom stereocenters. The molecule has 2 heteroatoms. The van der Waals surface area contributed by atoms with E-state index in [0.29, 0.717) is 21.5 Å². The second-order valence-electron chi connectivity index (χ2n) is 5.11. The van der Waals surface area contributed by atoms with E-state index in [9.17, 15) is 0 Å². The Balaban J connectivity index is 1.90. The molecule has 0 radical (unpaired) electrons. The Kier molecular flexibility index (Phi) is 2.00. The lowest BCUT2D eigenvalue weighted by molar-refractivity contribution is 0.144. The van der Waals surface area contributed by atoms with Crippen molar-refractivity contribution in [3.05, 3.63) is 47.5 Å². The summed E-state index contributed by atoms with van der Waals surface area (Å²) in [6.45, 7) is 0. The number of halogens is 2. The van der Waals surface area contributed by atoms with E-state index in [-0.39, 0.29) is 0 Å². The monoisotopic (exact) mass is 338 g/mol. The molecule has 1 aromatic carbocycles. The molecule has 0 spiro atoms. The van der Waals surface area contributed by atoms with Crippen LogP contribution in [0, 0.1) is 11.8 Å². The minimum Gasteiger partial charge on any atom is -0.0875 e. The van der Waals surface area contributed by atoms with Gasteiger partial charge in [0.2, 0.25) is 0 Å². The van der Waals surface area contributed by atoms with E-state index in [0.717, 1.165) is 11.8 Å². The van der Waals surface area contributed by atoms with E-state index >= 15 is 0 Å². The van der Waals surface area contributed by atoms with Gasteiger partial charge < -0.3 is 0 Å². The molecular weight excluding hydrogens is 328 g/mol. The van der Waals surface area contributed by atoms with E-state index in [1.807, 2.05) is 0 Å². The molecule has 16 heavy (non-hydrogen) atoms. The molecule has 0 amide bonds. The first-order valence-corrected chi connectivity index (χ1v) is 7.67. The second kappa shape index (κ2) is 3.23. The van der Waals surface area contributed by atoms with Crippen LogP contribution in [0.25, 0.3) is 0 Å². The van der Waals surface area contributed by atoms with Crippen LogP contribution in [0.15, 0.2) is 36.4 Å². The molecule has 1 fully saturated rings. The summed E-state index contributed by atoms with van der Waals surface area (Å²) in [7, 11) is 0. The Morgan fingerprint density at radius 3 is 1.62 bits per heavy atom. The van der Waals surface area contributed by atoms with Crippen LogP contribution in [0.5, 0.6) is 0 Å². The lowest BCUT2D eigenvalue weighted by Gasteiger charge is -2.58. The van der Waals surface area contributed by atoms with Crippen LogP contribution in [0.1, 0.15) is 23.0 Å². The smallest absolute Gasteiger partial charge is 0.0314 e. The summed E-state index contributed by atoms with van der Waals surface area (Å²) in [6, 6.07) is 8.98. The van der Waals surface area contributed by atoms with E-state index in [1.165, 1.54) is 0 Å². The van der Waals surface area contributed by atoms with Gasteiger partial charge in [-0.1, -0.05) is 68.3 Å². The van der Waals surface area contributed by atoms with Gasteiger partial charge in [-0.15, -0.1) is 0 Å². The van der Waals surface area contributed by atoms with Crippen molar-refractivity contribution in [2.24, 2.45) is 11.8 Å². The normalized spacial score (nSPS) is 47.1. The van der Waals surface area contributed by atoms with Crippen molar-refractivity contribution in [2.75, 3.05) is 0 Å². The quantitative estimate of drug-likeness (QED) is 0.490. The maximum atomic E-state index is 3.84. The van der Waals surface area contributed by atoms with Gasteiger partial charge in [0.15, 0.2) is 0 Å². The number of alkyl halides is 2. The summed E-state index contributed by atoms with van der Waals surface area (Å²) in [5.41, 5.74) is 3.14. The third-order valence-electron chi connectivity index (χ3n) is 4.55. The van der Waals surface area contributed by atoms with Crippen molar-refractivity contribution in [2.45, 2.75) is 21.5 Å². The lowest BCUT2D eigenvalue weighted by atomic mass is 9.51. The van der Waals surface area contributed by atoms with Crippen LogP contribution in [0.3, 0.4) is 0 Å². The molecule has 82 valence electrons. The van der Waals surface area contributed by atoms with Gasteiger partial charge in [-0.25, -0.2) is 0 Å². The first-order valence-electron chi connectivity index (χ1n) is 5.84. The number of rotatable bonds is 0. The summed E-state index contributed by atoms with van der Waals surface area (Å²) < 4.78 is 0. The van der Waals surface area contributed by atoms with Crippen LogP contribution >= 0.6 is 31.9 Å². The molecular formula is C14H12Br2. The summed E-state index contributed by atoms with van der Waals surface area (Å²) in [5.74, 6) is 2.89. The van der Waals surface area contributed by atoms with Crippen LogP contribution in [0.4, 0.5) is 0 Å². The second-order valence-corrected chi connectivity index (χ2v) is 7.22. The van der Waals surface area contributed by atoms with Gasteiger partial charge >= 0.3 is 0 Å². The molecule has 0 heterocycles. The predicted octanol–water partition coefficient (Wildman–Crippen LogP) is 4.21. The van der Waals surface area contributed by atoms with Gasteiger partial charge in [0.1, 0.15) is 0 Å². The van der Waals surface area contributed by atoms with Crippen molar-refractivity contribution in [1.29, 1.82) is 0 Å². The standard InChI is InChI=1S/C14H12Br2/c15-13-11-9-5-6-10(12(11)14(13)16)8-4-2-1-3-7(8)9/h1-6,9-14H/t9-,10-,11+,12+,13-,14+/m0/s1. The van der Waals surface area contributed by atoms with E-state index in [4.69, 9.17) is 0 Å². The summed E-state index contributed by atoms with van der Waals surface area (Å²) >= 11 is 7.68. The average Bonchev–Trinajstić information content (AvgIpc) is 2.37. The number of hydrogen-bond acceptors (Lipinski definition) is 0. The van der Waals surface area contributed by atoms with E-state index in [2.05, 4.69) is 68.3 Å². The third-order valence-corrected chi connectivity index (χ3v) is 7.62. The van der Waals surface area contributed by atoms with Crippen LogP contribution in [-0.4, -0.2) is 9.65 Å². The molecule has 0 aliphatic heterocycles. The summed E-state index contributed by atoms with van der Waals surface area (Å²) in [4.78, 5) is 1.28. The predicted molar refractivity (Wildman–Crippen MR) is 73.5 cm³/mol. The van der Waals surface area contributed by atoms with Crippen molar-refractivity contribution in [3.63, 3.8) is 0 Å². The number of benzene rings is 1. The maximum absolute atomic E-state index is 3.84. The van der Waals surface area contributed by atoms with Gasteiger partial charge in [-0.3, -0.25) is 0 Å². The highest BCUT2D eigenvalue weighted by atomic mass is 79.9. The van der Waals surface area contributed by atoms with Crippen LogP contribution in [-0.2, 0) is 0 Å². The Bertz CT molecular complexity index is 436. The summed E-state index contributed by atoms with van der Waals surface area (Å²) in [6.07, 6.45) is 4.86. The fourth-order valence-corrected chi connectivity index (χ4v) is 5.88. The zero-order valence-electron chi connectivity index (χ0n) is 8.68. The van der Waals surface area contributed by atoms with Gasteiger partial charge in [0.25, 0.3) is 0 Å². The first kappa shape index (κ1) is 9.90. The van der Waals surface area contributed by atoms with Gasteiger partial charge in [-0.05, 0) is 23.0 Å². The molecule has 0 saturated heterocycles. The molecule has 2 bridgehead atoms. The van der Waals surface area contributed by atoms with Crippen molar-refractivity contribution in [3.8, 4) is 0 Å². The number of allylic oxidation sites excluding steroid dienone is 2. The minimum atomic E-state index is 0.642. The Morgan fingerprint density at radius 1 is 0.750 bits per heavy atom. The molecule has 0 nitrogen and oxygen atoms in total. The Morgan fingerprint density at radius 2 is 1.19 bits per heavy atom. The van der Waals surface area contributed by atoms with Gasteiger partial charge in [0.05, 0.1) is 0 Å². The molecule has 6 atom stereocenters. The Hall–Kier alpha value is -0.0800. The molecule has 4 aliphatic rings. The van der Waals surface area contributed by atoms with Crippen molar-refractivity contribution < 1.29 is 0 Å². The highest BCUT2D eigenvalue weighted by Crippen LogP contribution is 2.63. The topological polar surface area (TPSA) is 0 Å². The van der Waals surface area contributed by atoms with Crippen molar-refractivity contribution >= 4 is 31.9 Å². The van der Waals surface area contributed by atoms with Gasteiger partial charge in [0, 0.05) is 21.5 Å². The highest BCUT2D eigenvalue weighted by molar-refractivity contribution is 9.12. The molecule has 4 aliphatic carbocycles. The highest BCUT2D eigenvalue weighted by Gasteiger charge is 2.58. The fraction of sp³-hybridized carbons (Fsp3) is 0.429. The molecule has 0 N–H and O–H groups in total. The average molecular weight is 340 g/mol. The lowest BCUT2D eigenvalue weighted by Crippen LogP contribution is -2.57. The molecule has 0 aromatic heterocycles. The zero-order chi connectivity index (χ0) is 10.9. The molecule has 1 saturated carbocycles.